The van der Waals surface area contributed by atoms with Gasteiger partial charge in [0, 0.05) is 19.7 Å². The number of benzene rings is 1. The van der Waals surface area contributed by atoms with Crippen LogP contribution in [0.4, 0.5) is 0 Å². The van der Waals surface area contributed by atoms with E-state index >= 15 is 0 Å². The zero-order valence-electron chi connectivity index (χ0n) is 18.2. The number of unbranched alkanes of at least 4 members (excludes halogenated alkanes) is 3. The van der Waals surface area contributed by atoms with Crippen LogP contribution in [0.15, 0.2) is 71.3 Å². The first kappa shape index (κ1) is 22.8. The summed E-state index contributed by atoms with van der Waals surface area (Å²) in [4.78, 5) is 7.00. The van der Waals surface area contributed by atoms with Gasteiger partial charge in [-0.25, -0.2) is 0 Å². The summed E-state index contributed by atoms with van der Waals surface area (Å²) in [5.41, 5.74) is 7.95. The Kier molecular flexibility index (Phi) is 9.51. The second-order valence-corrected chi connectivity index (χ2v) is 7.69. The smallest absolute Gasteiger partial charge is 0.132 e. The fraction of sp³-hybridized carbons (Fsp3) is 0.458. The van der Waals surface area contributed by atoms with Gasteiger partial charge in [-0.15, -0.1) is 0 Å². The van der Waals surface area contributed by atoms with Crippen LogP contribution in [0, 0.1) is 5.92 Å². The first-order valence-electron chi connectivity index (χ1n) is 10.7. The standard InChI is InChI=1S/C24H37N5/c1-5-21(19(2)3)24-28-22(26-16-12-7-6-11-15-25)17-23(29(24)4)27-18-20-13-9-8-10-14-20/h5,8-10,13-14,17,19,26,28H,1,6-7,11-12,15-16,18,25H2,2-4H3/b24-21+,27-23?. The van der Waals surface area contributed by atoms with E-state index in [1.54, 1.807) is 0 Å². The first-order chi connectivity index (χ1) is 14.1. The van der Waals surface area contributed by atoms with Crippen molar-refractivity contribution in [3.63, 3.8) is 0 Å². The molecule has 1 aliphatic heterocycles. The maximum Gasteiger partial charge on any atom is 0.132 e. The summed E-state index contributed by atoms with van der Waals surface area (Å²) in [6.07, 6.45) is 8.64. The molecule has 0 saturated heterocycles. The van der Waals surface area contributed by atoms with Crippen molar-refractivity contribution in [2.45, 2.75) is 46.1 Å². The van der Waals surface area contributed by atoms with E-state index in [2.05, 4.69) is 73.3 Å². The van der Waals surface area contributed by atoms with E-state index in [0.717, 1.165) is 43.4 Å². The van der Waals surface area contributed by atoms with Gasteiger partial charge in [-0.05, 0) is 36.4 Å². The molecule has 1 aromatic carbocycles. The molecular formula is C24H37N5. The van der Waals surface area contributed by atoms with Crippen molar-refractivity contribution in [2.75, 3.05) is 20.1 Å². The molecule has 0 bridgehead atoms. The number of hydrogen-bond donors (Lipinski definition) is 3. The normalized spacial score (nSPS) is 17.2. The summed E-state index contributed by atoms with van der Waals surface area (Å²) < 4.78 is 0. The number of nitrogens with two attached hydrogens (primary N) is 1. The zero-order chi connectivity index (χ0) is 21.1. The van der Waals surface area contributed by atoms with E-state index < -0.39 is 0 Å². The highest BCUT2D eigenvalue weighted by molar-refractivity contribution is 5.95. The number of likely N-dealkylation sites (N-methyl/N-ethyl adjacent to an activating group) is 1. The minimum Gasteiger partial charge on any atom is -0.371 e. The largest absolute Gasteiger partial charge is 0.371 e. The van der Waals surface area contributed by atoms with Crippen LogP contribution < -0.4 is 16.4 Å². The fourth-order valence-electron chi connectivity index (χ4n) is 3.31. The molecule has 4 N–H and O–H groups in total. The van der Waals surface area contributed by atoms with Gasteiger partial charge in [0.25, 0.3) is 0 Å². The second-order valence-electron chi connectivity index (χ2n) is 7.69. The van der Waals surface area contributed by atoms with Crippen molar-refractivity contribution in [1.29, 1.82) is 0 Å². The summed E-state index contributed by atoms with van der Waals surface area (Å²) in [6.45, 7) is 10.8. The Balaban J connectivity index is 2.18. The average Bonchev–Trinajstić information content (AvgIpc) is 2.72. The highest BCUT2D eigenvalue weighted by Crippen LogP contribution is 2.21. The van der Waals surface area contributed by atoms with Crippen molar-refractivity contribution in [3.05, 3.63) is 71.8 Å². The third-order valence-corrected chi connectivity index (χ3v) is 5.03. The molecule has 0 amide bonds. The number of nitrogens with one attached hydrogen (secondary N) is 2. The van der Waals surface area contributed by atoms with Crippen LogP contribution >= 0.6 is 0 Å². The molecule has 0 aromatic heterocycles. The summed E-state index contributed by atoms with van der Waals surface area (Å²) >= 11 is 0. The van der Waals surface area contributed by atoms with Gasteiger partial charge < -0.3 is 21.3 Å². The van der Waals surface area contributed by atoms with Crippen LogP contribution in [0.3, 0.4) is 0 Å². The van der Waals surface area contributed by atoms with E-state index in [1.165, 1.54) is 24.0 Å². The van der Waals surface area contributed by atoms with Crippen molar-refractivity contribution < 1.29 is 0 Å². The lowest BCUT2D eigenvalue weighted by Crippen LogP contribution is -2.43. The zero-order valence-corrected chi connectivity index (χ0v) is 18.2. The van der Waals surface area contributed by atoms with E-state index in [1.807, 2.05) is 12.1 Å². The Morgan fingerprint density at radius 1 is 1.21 bits per heavy atom. The molecule has 0 spiro atoms. The topological polar surface area (TPSA) is 65.7 Å². The van der Waals surface area contributed by atoms with Crippen molar-refractivity contribution in [2.24, 2.45) is 16.6 Å². The lowest BCUT2D eigenvalue weighted by atomic mass is 10.0. The van der Waals surface area contributed by atoms with E-state index in [4.69, 9.17) is 10.7 Å². The minimum absolute atomic E-state index is 0.364. The molecule has 5 heteroatoms. The van der Waals surface area contributed by atoms with Gasteiger partial charge in [-0.3, -0.25) is 4.99 Å². The maximum atomic E-state index is 5.57. The first-order valence-corrected chi connectivity index (χ1v) is 10.7. The number of aliphatic imine (C=N–C) groups is 1. The number of rotatable bonds is 11. The van der Waals surface area contributed by atoms with Crippen LogP contribution in [-0.2, 0) is 6.54 Å². The molecule has 0 fully saturated rings. The monoisotopic (exact) mass is 395 g/mol. The van der Waals surface area contributed by atoms with Gasteiger partial charge in [0.05, 0.1) is 6.54 Å². The van der Waals surface area contributed by atoms with Crippen LogP contribution in [0.1, 0.15) is 45.1 Å². The Morgan fingerprint density at radius 3 is 2.59 bits per heavy atom. The molecule has 2 rings (SSSR count). The quantitative estimate of drug-likeness (QED) is 0.493. The molecule has 0 aliphatic carbocycles. The van der Waals surface area contributed by atoms with Crippen LogP contribution in [0.5, 0.6) is 0 Å². The highest BCUT2D eigenvalue weighted by Gasteiger charge is 2.21. The van der Waals surface area contributed by atoms with Gasteiger partial charge in [-0.2, -0.15) is 0 Å². The lowest BCUT2D eigenvalue weighted by Gasteiger charge is -2.33. The molecule has 1 aromatic rings. The molecule has 0 radical (unpaired) electrons. The molecule has 5 nitrogen and oxygen atoms in total. The van der Waals surface area contributed by atoms with Crippen LogP contribution in [-0.4, -0.2) is 30.9 Å². The summed E-state index contributed by atoms with van der Waals surface area (Å²) in [7, 11) is 2.05. The Hall–Kier alpha value is -2.53. The number of allylic oxidation sites excluding steroid dienone is 2. The average molecular weight is 396 g/mol. The van der Waals surface area contributed by atoms with Gasteiger partial charge in [0.15, 0.2) is 0 Å². The Labute approximate surface area is 176 Å². The Morgan fingerprint density at radius 2 is 1.93 bits per heavy atom. The number of hydrogen-bond acceptors (Lipinski definition) is 4. The molecule has 0 atom stereocenters. The lowest BCUT2D eigenvalue weighted by molar-refractivity contribution is 0.516. The summed E-state index contributed by atoms with van der Waals surface area (Å²) in [5.74, 6) is 3.33. The van der Waals surface area contributed by atoms with Gasteiger partial charge in [0.1, 0.15) is 17.5 Å². The number of nitrogens with zero attached hydrogens (tertiary/aromatic N) is 2. The van der Waals surface area contributed by atoms with E-state index in [-0.39, 0.29) is 0 Å². The van der Waals surface area contributed by atoms with Gasteiger partial charge in [0.2, 0.25) is 0 Å². The van der Waals surface area contributed by atoms with Gasteiger partial charge in [-0.1, -0.05) is 69.7 Å². The predicted octanol–water partition coefficient (Wildman–Crippen LogP) is 4.12. The molecule has 29 heavy (non-hydrogen) atoms. The molecule has 158 valence electrons. The van der Waals surface area contributed by atoms with Crippen LogP contribution in [0.2, 0.25) is 0 Å². The maximum absolute atomic E-state index is 5.57. The predicted molar refractivity (Wildman–Crippen MR) is 124 cm³/mol. The van der Waals surface area contributed by atoms with Crippen molar-refractivity contribution in [3.8, 4) is 0 Å². The fourth-order valence-corrected chi connectivity index (χ4v) is 3.31. The molecule has 1 heterocycles. The highest BCUT2D eigenvalue weighted by atomic mass is 15.3. The summed E-state index contributed by atoms with van der Waals surface area (Å²) in [5, 5.41) is 7.09. The Bertz CT molecular complexity index is 731. The third kappa shape index (κ3) is 7.09. The second kappa shape index (κ2) is 12.1. The van der Waals surface area contributed by atoms with E-state index in [0.29, 0.717) is 12.5 Å². The van der Waals surface area contributed by atoms with Gasteiger partial charge >= 0.3 is 0 Å². The van der Waals surface area contributed by atoms with Crippen molar-refractivity contribution >= 4 is 5.84 Å². The summed E-state index contributed by atoms with van der Waals surface area (Å²) in [6, 6.07) is 10.3. The van der Waals surface area contributed by atoms with E-state index in [9.17, 15) is 0 Å². The third-order valence-electron chi connectivity index (χ3n) is 5.03. The van der Waals surface area contributed by atoms with Crippen LogP contribution in [0.25, 0.3) is 0 Å². The SMILES string of the molecule is C=C/C(=C1/NC(NCCCCCCN)=CC(=NCc2ccccc2)N1C)C(C)C. The molecule has 1 aliphatic rings. The number of amidine groups is 1. The molecule has 0 saturated carbocycles. The minimum atomic E-state index is 0.364. The molecule has 0 unspecified atom stereocenters. The molecular weight excluding hydrogens is 358 g/mol. The van der Waals surface area contributed by atoms with Crippen molar-refractivity contribution in [1.82, 2.24) is 15.5 Å².